The summed E-state index contributed by atoms with van der Waals surface area (Å²) >= 11 is 1.28. The second kappa shape index (κ2) is 10.7. The summed E-state index contributed by atoms with van der Waals surface area (Å²) < 4.78 is 18.6. The lowest BCUT2D eigenvalue weighted by atomic mass is 9.93. The molecule has 0 unspecified atom stereocenters. The lowest BCUT2D eigenvalue weighted by Crippen LogP contribution is -2.40. The maximum Gasteiger partial charge on any atom is 0.338 e. The van der Waals surface area contributed by atoms with Gasteiger partial charge in [0.2, 0.25) is 0 Å². The molecule has 2 aromatic heterocycles. The van der Waals surface area contributed by atoms with Crippen LogP contribution in [-0.2, 0) is 9.53 Å². The van der Waals surface area contributed by atoms with Gasteiger partial charge in [-0.05, 0) is 55.3 Å². The number of benzene rings is 1. The summed E-state index contributed by atoms with van der Waals surface area (Å²) in [6, 6.07) is 8.20. The molecule has 1 aliphatic rings. The molecule has 0 saturated carbocycles. The summed E-state index contributed by atoms with van der Waals surface area (Å²) in [5, 5.41) is 0. The Bertz CT molecular complexity index is 1440. The van der Waals surface area contributed by atoms with Crippen molar-refractivity contribution in [2.45, 2.75) is 32.7 Å². The Balaban J connectivity index is 2.06. The number of thiazole rings is 1. The number of carbonyl (C=O) groups excluding carboxylic acids is 1. The monoisotopic (exact) mass is 493 g/mol. The number of ether oxygens (including phenoxy) is 3. The van der Waals surface area contributed by atoms with Crippen LogP contribution in [0.15, 0.2) is 63.8 Å². The van der Waals surface area contributed by atoms with E-state index in [2.05, 4.69) is 4.98 Å². The topological polar surface area (TPSA) is 92.0 Å². The van der Waals surface area contributed by atoms with Gasteiger partial charge in [-0.3, -0.25) is 14.3 Å². The number of carbonyl (C=O) groups is 1. The van der Waals surface area contributed by atoms with Crippen molar-refractivity contribution in [1.82, 2.24) is 9.55 Å². The minimum Gasteiger partial charge on any atom is -0.497 e. The van der Waals surface area contributed by atoms with Crippen LogP contribution in [0.4, 0.5) is 0 Å². The number of nitrogens with zero attached hydrogens (tertiary/aromatic N) is 3. The van der Waals surface area contributed by atoms with E-state index in [0.29, 0.717) is 44.1 Å². The zero-order chi connectivity index (χ0) is 24.9. The van der Waals surface area contributed by atoms with E-state index < -0.39 is 12.0 Å². The van der Waals surface area contributed by atoms with E-state index in [1.165, 1.54) is 11.3 Å². The smallest absolute Gasteiger partial charge is 0.338 e. The van der Waals surface area contributed by atoms with E-state index in [4.69, 9.17) is 19.2 Å². The first-order valence-electron chi connectivity index (χ1n) is 11.4. The summed E-state index contributed by atoms with van der Waals surface area (Å²) in [7, 11) is 3.12. The standard InChI is InChI=1S/C26H27N3O5S/c1-5-7-19-22(25(31)34-6-2)23(18-15-17(32-3)8-9-20(18)33-4)29-24(30)21(35-26(29)28-19)14-16-10-12-27-13-11-16/h8-15,23H,5-7H2,1-4H3/t23-/m1/s1. The molecule has 1 atom stereocenters. The number of hydrogen-bond donors (Lipinski definition) is 0. The SMILES string of the molecule is CCCC1=C(C(=O)OCC)[C@@H](c2cc(OC)ccc2OC)n2c(sc(=Cc3ccncc3)c2=O)=N1. The van der Waals surface area contributed by atoms with Gasteiger partial charge in [-0.15, -0.1) is 0 Å². The first kappa shape index (κ1) is 24.4. The van der Waals surface area contributed by atoms with Crippen LogP contribution in [0.3, 0.4) is 0 Å². The van der Waals surface area contributed by atoms with Crippen molar-refractivity contribution in [2.75, 3.05) is 20.8 Å². The maximum absolute atomic E-state index is 13.8. The van der Waals surface area contributed by atoms with E-state index in [1.54, 1.807) is 62.4 Å². The number of allylic oxidation sites excluding steroid dienone is 1. The van der Waals surface area contributed by atoms with Crippen LogP contribution in [0.25, 0.3) is 6.08 Å². The Kier molecular flexibility index (Phi) is 7.45. The Morgan fingerprint density at radius 1 is 1.14 bits per heavy atom. The van der Waals surface area contributed by atoms with Crippen molar-refractivity contribution in [3.63, 3.8) is 0 Å². The number of aromatic nitrogens is 2. The summed E-state index contributed by atoms with van der Waals surface area (Å²) in [4.78, 5) is 36.4. The van der Waals surface area contributed by atoms with Crippen LogP contribution >= 0.6 is 11.3 Å². The highest BCUT2D eigenvalue weighted by molar-refractivity contribution is 7.07. The molecule has 0 saturated heterocycles. The van der Waals surface area contributed by atoms with Crippen LogP contribution in [0.5, 0.6) is 11.5 Å². The second-order valence-corrected chi connectivity index (χ2v) is 8.81. The van der Waals surface area contributed by atoms with Crippen LogP contribution in [0.2, 0.25) is 0 Å². The number of esters is 1. The highest BCUT2D eigenvalue weighted by Crippen LogP contribution is 2.38. The fraction of sp³-hybridized carbons (Fsp3) is 0.308. The lowest BCUT2D eigenvalue weighted by Gasteiger charge is -2.27. The molecule has 0 fully saturated rings. The van der Waals surface area contributed by atoms with Crippen molar-refractivity contribution in [3.8, 4) is 11.5 Å². The molecule has 3 heterocycles. The molecule has 1 aliphatic heterocycles. The summed E-state index contributed by atoms with van der Waals surface area (Å²) in [6.45, 7) is 3.98. The van der Waals surface area contributed by atoms with Gasteiger partial charge in [0, 0.05) is 18.0 Å². The zero-order valence-corrected chi connectivity index (χ0v) is 20.9. The number of hydrogen-bond acceptors (Lipinski definition) is 8. The number of fused-ring (bicyclic) bond motifs is 1. The Morgan fingerprint density at radius 3 is 2.57 bits per heavy atom. The molecule has 4 rings (SSSR count). The lowest BCUT2D eigenvalue weighted by molar-refractivity contribution is -0.139. The fourth-order valence-corrected chi connectivity index (χ4v) is 5.10. The third kappa shape index (κ3) is 4.77. The molecule has 9 heteroatoms. The van der Waals surface area contributed by atoms with Crippen LogP contribution < -0.4 is 24.4 Å². The second-order valence-electron chi connectivity index (χ2n) is 7.80. The molecule has 1 aromatic carbocycles. The summed E-state index contributed by atoms with van der Waals surface area (Å²) in [6.07, 6.45) is 6.48. The molecule has 182 valence electrons. The Labute approximate surface area is 206 Å². The molecule has 35 heavy (non-hydrogen) atoms. The van der Waals surface area contributed by atoms with E-state index in [1.807, 2.05) is 19.1 Å². The summed E-state index contributed by atoms with van der Waals surface area (Å²) in [5.74, 6) is 0.606. The number of pyridine rings is 1. The predicted molar refractivity (Wildman–Crippen MR) is 133 cm³/mol. The molecule has 3 aromatic rings. The predicted octanol–water partition coefficient (Wildman–Crippen LogP) is 2.99. The third-order valence-corrected chi connectivity index (χ3v) is 6.61. The highest BCUT2D eigenvalue weighted by Gasteiger charge is 2.36. The van der Waals surface area contributed by atoms with Crippen molar-refractivity contribution in [3.05, 3.63) is 84.8 Å². The highest BCUT2D eigenvalue weighted by atomic mass is 32.1. The first-order chi connectivity index (χ1) is 17.0. The van der Waals surface area contributed by atoms with Gasteiger partial charge in [0.15, 0.2) is 4.80 Å². The first-order valence-corrected chi connectivity index (χ1v) is 12.2. The minimum atomic E-state index is -0.781. The fourth-order valence-electron chi connectivity index (χ4n) is 4.08. The average molecular weight is 494 g/mol. The molecule has 0 bridgehead atoms. The van der Waals surface area contributed by atoms with Crippen LogP contribution in [0.1, 0.15) is 43.9 Å². The maximum atomic E-state index is 13.8. The zero-order valence-electron chi connectivity index (χ0n) is 20.1. The van der Waals surface area contributed by atoms with Gasteiger partial charge < -0.3 is 14.2 Å². The molecule has 0 amide bonds. The van der Waals surface area contributed by atoms with E-state index in [9.17, 15) is 9.59 Å². The molecule has 0 spiro atoms. The van der Waals surface area contributed by atoms with Crippen molar-refractivity contribution < 1.29 is 19.0 Å². The van der Waals surface area contributed by atoms with Gasteiger partial charge in [0.25, 0.3) is 5.56 Å². The van der Waals surface area contributed by atoms with Gasteiger partial charge in [0.05, 0.1) is 36.6 Å². The molecular formula is C26H27N3O5S. The Hall–Kier alpha value is -3.72. The molecule has 0 N–H and O–H groups in total. The molecule has 0 radical (unpaired) electrons. The van der Waals surface area contributed by atoms with Gasteiger partial charge >= 0.3 is 5.97 Å². The van der Waals surface area contributed by atoms with Gasteiger partial charge in [0.1, 0.15) is 17.5 Å². The Morgan fingerprint density at radius 2 is 1.91 bits per heavy atom. The quantitative estimate of drug-likeness (QED) is 0.448. The van der Waals surface area contributed by atoms with Crippen molar-refractivity contribution in [1.29, 1.82) is 0 Å². The van der Waals surface area contributed by atoms with Gasteiger partial charge in [-0.25, -0.2) is 9.79 Å². The molecular weight excluding hydrogens is 466 g/mol. The van der Waals surface area contributed by atoms with E-state index in [0.717, 1.165) is 12.0 Å². The summed E-state index contributed by atoms with van der Waals surface area (Å²) in [5.41, 5.74) is 2.16. The average Bonchev–Trinajstić information content (AvgIpc) is 3.18. The van der Waals surface area contributed by atoms with Crippen molar-refractivity contribution >= 4 is 23.4 Å². The van der Waals surface area contributed by atoms with Gasteiger partial charge in [-0.2, -0.15) is 0 Å². The van der Waals surface area contributed by atoms with Crippen LogP contribution in [-0.4, -0.2) is 36.3 Å². The molecule has 8 nitrogen and oxygen atoms in total. The number of rotatable bonds is 8. The normalized spacial score (nSPS) is 15.4. The minimum absolute atomic E-state index is 0.205. The largest absolute Gasteiger partial charge is 0.497 e. The molecule has 0 aliphatic carbocycles. The van der Waals surface area contributed by atoms with Gasteiger partial charge in [-0.1, -0.05) is 24.7 Å². The van der Waals surface area contributed by atoms with E-state index in [-0.39, 0.29) is 12.2 Å². The van der Waals surface area contributed by atoms with Crippen molar-refractivity contribution in [2.24, 2.45) is 4.99 Å². The third-order valence-electron chi connectivity index (χ3n) is 5.63. The van der Waals surface area contributed by atoms with Crippen LogP contribution in [0, 0.1) is 0 Å². The number of methoxy groups -OCH3 is 2. The van der Waals surface area contributed by atoms with E-state index >= 15 is 0 Å².